The van der Waals surface area contributed by atoms with Gasteiger partial charge in [-0.05, 0) is 39.7 Å². The topological polar surface area (TPSA) is 47.9 Å². The second-order valence-corrected chi connectivity index (χ2v) is 8.98. The largest absolute Gasteiger partial charge is 0.296 e. The van der Waals surface area contributed by atoms with Crippen LogP contribution in [0.4, 0.5) is 0 Å². The molecular formula is C18H20BrClN4OS. The van der Waals surface area contributed by atoms with Crippen LogP contribution in [-0.2, 0) is 11.3 Å². The first-order chi connectivity index (χ1) is 12.6. The lowest BCUT2D eigenvalue weighted by molar-refractivity contribution is -0.122. The Hall–Kier alpha value is -1.25. The van der Waals surface area contributed by atoms with Gasteiger partial charge >= 0.3 is 0 Å². The number of carbonyl (C=O) groups is 1. The zero-order valence-corrected chi connectivity index (χ0v) is 17.4. The van der Waals surface area contributed by atoms with E-state index in [1.807, 2.05) is 30.3 Å². The lowest BCUT2D eigenvalue weighted by Crippen LogP contribution is -2.48. The summed E-state index contributed by atoms with van der Waals surface area (Å²) in [7, 11) is 0. The number of hydrazone groups is 1. The zero-order chi connectivity index (χ0) is 18.4. The van der Waals surface area contributed by atoms with Gasteiger partial charge in [0.25, 0.3) is 5.91 Å². The van der Waals surface area contributed by atoms with Crippen LogP contribution >= 0.6 is 38.9 Å². The van der Waals surface area contributed by atoms with Crippen molar-refractivity contribution >= 4 is 51.0 Å². The standard InChI is InChI=1S/C18H20BrClN4OS/c19-17-6-5-15(26-17)11-21-22-18(25)13-24-9-7-23(8-10-24)12-14-3-1-2-4-16(14)20/h1-6,11H,7-10,12-13H2,(H,22,25)/b21-11-. The molecule has 1 N–H and O–H groups in total. The summed E-state index contributed by atoms with van der Waals surface area (Å²) < 4.78 is 1.04. The Bertz CT molecular complexity index is 774. The van der Waals surface area contributed by atoms with Gasteiger partial charge in [-0.25, -0.2) is 5.43 Å². The van der Waals surface area contributed by atoms with Crippen molar-refractivity contribution in [3.63, 3.8) is 0 Å². The second kappa shape index (κ2) is 9.62. The van der Waals surface area contributed by atoms with Crippen molar-refractivity contribution in [2.24, 2.45) is 5.10 Å². The molecule has 5 nitrogen and oxygen atoms in total. The molecule has 1 aliphatic heterocycles. The van der Waals surface area contributed by atoms with Gasteiger partial charge in [0.2, 0.25) is 0 Å². The number of rotatable bonds is 6. The molecule has 8 heteroatoms. The summed E-state index contributed by atoms with van der Waals surface area (Å²) >= 11 is 11.2. The number of benzene rings is 1. The number of amides is 1. The SMILES string of the molecule is O=C(CN1CCN(Cc2ccccc2Cl)CC1)N/N=C\c1ccc(Br)s1. The van der Waals surface area contributed by atoms with Crippen LogP contribution < -0.4 is 5.43 Å². The second-order valence-electron chi connectivity index (χ2n) is 6.08. The first-order valence-electron chi connectivity index (χ1n) is 8.35. The fraction of sp³-hybridized carbons (Fsp3) is 0.333. The molecule has 0 unspecified atom stereocenters. The molecule has 0 radical (unpaired) electrons. The fourth-order valence-corrected chi connectivity index (χ4v) is 4.27. The molecule has 3 rings (SSSR count). The smallest absolute Gasteiger partial charge is 0.254 e. The maximum Gasteiger partial charge on any atom is 0.254 e. The highest BCUT2D eigenvalue weighted by Crippen LogP contribution is 2.20. The van der Waals surface area contributed by atoms with E-state index >= 15 is 0 Å². The Morgan fingerprint density at radius 2 is 1.92 bits per heavy atom. The predicted octanol–water partition coefficient (Wildman–Crippen LogP) is 3.43. The van der Waals surface area contributed by atoms with Crippen LogP contribution in [0.15, 0.2) is 45.3 Å². The van der Waals surface area contributed by atoms with Gasteiger partial charge in [0.15, 0.2) is 0 Å². The Morgan fingerprint density at radius 1 is 1.19 bits per heavy atom. The third kappa shape index (κ3) is 5.89. The van der Waals surface area contributed by atoms with Gasteiger partial charge in [0, 0.05) is 42.6 Å². The molecule has 0 atom stereocenters. The van der Waals surface area contributed by atoms with E-state index in [0.717, 1.165) is 52.0 Å². The van der Waals surface area contributed by atoms with Crippen molar-refractivity contribution in [3.05, 3.63) is 55.6 Å². The van der Waals surface area contributed by atoms with Crippen molar-refractivity contribution in [2.45, 2.75) is 6.54 Å². The zero-order valence-electron chi connectivity index (χ0n) is 14.2. The van der Waals surface area contributed by atoms with Crippen LogP contribution in [0.25, 0.3) is 0 Å². The molecule has 1 aromatic carbocycles. The molecule has 1 aromatic heterocycles. The highest BCUT2D eigenvalue weighted by atomic mass is 79.9. The highest BCUT2D eigenvalue weighted by Gasteiger charge is 2.19. The minimum Gasteiger partial charge on any atom is -0.296 e. The van der Waals surface area contributed by atoms with E-state index < -0.39 is 0 Å². The van der Waals surface area contributed by atoms with E-state index in [0.29, 0.717) is 6.54 Å². The van der Waals surface area contributed by atoms with Gasteiger partial charge in [-0.15, -0.1) is 11.3 Å². The van der Waals surface area contributed by atoms with Crippen molar-refractivity contribution in [1.82, 2.24) is 15.2 Å². The van der Waals surface area contributed by atoms with E-state index in [4.69, 9.17) is 11.6 Å². The molecule has 1 fully saturated rings. The Labute approximate surface area is 170 Å². The summed E-state index contributed by atoms with van der Waals surface area (Å²) in [5.74, 6) is -0.0866. The normalized spacial score (nSPS) is 16.2. The van der Waals surface area contributed by atoms with Gasteiger partial charge < -0.3 is 0 Å². The average molecular weight is 456 g/mol. The highest BCUT2D eigenvalue weighted by molar-refractivity contribution is 9.11. The number of halogens is 2. The van der Waals surface area contributed by atoms with Crippen molar-refractivity contribution in [3.8, 4) is 0 Å². The molecule has 1 aliphatic rings. The number of thiophene rings is 1. The van der Waals surface area contributed by atoms with E-state index in [-0.39, 0.29) is 5.91 Å². The summed E-state index contributed by atoms with van der Waals surface area (Å²) in [5, 5.41) is 4.82. The van der Waals surface area contributed by atoms with Crippen LogP contribution in [0.3, 0.4) is 0 Å². The van der Waals surface area contributed by atoms with Crippen LogP contribution in [0.5, 0.6) is 0 Å². The fourth-order valence-electron chi connectivity index (χ4n) is 2.78. The van der Waals surface area contributed by atoms with Crippen LogP contribution in [-0.4, -0.2) is 54.6 Å². The van der Waals surface area contributed by atoms with E-state index in [1.54, 1.807) is 17.6 Å². The number of piperazine rings is 1. The molecule has 2 heterocycles. The molecule has 26 heavy (non-hydrogen) atoms. The van der Waals surface area contributed by atoms with Crippen LogP contribution in [0, 0.1) is 0 Å². The number of hydrogen-bond donors (Lipinski definition) is 1. The van der Waals surface area contributed by atoms with Gasteiger partial charge in [-0.2, -0.15) is 5.10 Å². The average Bonchev–Trinajstić information content (AvgIpc) is 3.04. The number of nitrogens with one attached hydrogen (secondary N) is 1. The summed E-state index contributed by atoms with van der Waals surface area (Å²) in [6.07, 6.45) is 1.66. The summed E-state index contributed by atoms with van der Waals surface area (Å²) in [5.41, 5.74) is 3.74. The maximum atomic E-state index is 12.0. The molecule has 1 amide bonds. The Morgan fingerprint density at radius 3 is 2.62 bits per heavy atom. The molecule has 0 aliphatic carbocycles. The third-order valence-electron chi connectivity index (χ3n) is 4.16. The quantitative estimate of drug-likeness (QED) is 0.536. The lowest BCUT2D eigenvalue weighted by atomic mass is 10.2. The number of nitrogens with zero attached hydrogens (tertiary/aromatic N) is 3. The molecule has 138 valence electrons. The van der Waals surface area contributed by atoms with E-state index in [1.165, 1.54) is 0 Å². The van der Waals surface area contributed by atoms with Crippen molar-refractivity contribution in [1.29, 1.82) is 0 Å². The molecule has 1 saturated heterocycles. The monoisotopic (exact) mass is 454 g/mol. The summed E-state index contributed by atoms with van der Waals surface area (Å²) in [6.45, 7) is 4.78. The molecular weight excluding hydrogens is 436 g/mol. The van der Waals surface area contributed by atoms with Crippen LogP contribution in [0.1, 0.15) is 10.4 Å². The summed E-state index contributed by atoms with van der Waals surface area (Å²) in [6, 6.07) is 11.8. The van der Waals surface area contributed by atoms with Gasteiger partial charge in [-0.3, -0.25) is 14.6 Å². The van der Waals surface area contributed by atoms with E-state index in [2.05, 4.69) is 42.3 Å². The molecule has 0 bridgehead atoms. The summed E-state index contributed by atoms with van der Waals surface area (Å²) in [4.78, 5) is 17.5. The molecule has 0 spiro atoms. The molecule has 2 aromatic rings. The van der Waals surface area contributed by atoms with Crippen molar-refractivity contribution in [2.75, 3.05) is 32.7 Å². The van der Waals surface area contributed by atoms with Gasteiger partial charge in [0.1, 0.15) is 0 Å². The number of hydrogen-bond acceptors (Lipinski definition) is 5. The van der Waals surface area contributed by atoms with E-state index in [9.17, 15) is 4.79 Å². The first-order valence-corrected chi connectivity index (χ1v) is 10.3. The Kier molecular flexibility index (Phi) is 7.22. The van der Waals surface area contributed by atoms with Crippen LogP contribution in [0.2, 0.25) is 5.02 Å². The lowest BCUT2D eigenvalue weighted by Gasteiger charge is -2.34. The predicted molar refractivity (Wildman–Crippen MR) is 111 cm³/mol. The van der Waals surface area contributed by atoms with Crippen molar-refractivity contribution < 1.29 is 4.79 Å². The maximum absolute atomic E-state index is 12.0. The third-order valence-corrected chi connectivity index (χ3v) is 6.09. The van der Waals surface area contributed by atoms with Gasteiger partial charge in [-0.1, -0.05) is 29.8 Å². The Balaban J connectivity index is 1.39. The minimum atomic E-state index is -0.0866. The number of carbonyl (C=O) groups excluding carboxylic acids is 1. The first kappa shape index (κ1) is 19.5. The molecule has 0 saturated carbocycles. The van der Waals surface area contributed by atoms with Gasteiger partial charge in [0.05, 0.1) is 16.5 Å². The minimum absolute atomic E-state index is 0.0866.